The highest BCUT2D eigenvalue weighted by Gasteiger charge is 2.22. The van der Waals surface area contributed by atoms with Gasteiger partial charge in [-0.3, -0.25) is 19.7 Å². The Hall–Kier alpha value is -4.71. The number of sulfonamides is 1. The van der Waals surface area contributed by atoms with Gasteiger partial charge in [0.05, 0.1) is 12.7 Å². The first kappa shape index (κ1) is 32.7. The third kappa shape index (κ3) is 8.72. The molecule has 3 N–H and O–H groups in total. The lowest BCUT2D eigenvalue weighted by Crippen LogP contribution is -2.36. The Bertz CT molecular complexity index is 1860. The number of aliphatic carboxylic acids is 1. The lowest BCUT2D eigenvalue weighted by Gasteiger charge is -2.26. The van der Waals surface area contributed by atoms with E-state index in [1.54, 1.807) is 53.4 Å². The van der Waals surface area contributed by atoms with Gasteiger partial charge < -0.3 is 5.11 Å². The molecule has 4 aromatic carbocycles. The van der Waals surface area contributed by atoms with Crippen LogP contribution in [0.2, 0.25) is 4.34 Å². The molecule has 0 spiro atoms. The van der Waals surface area contributed by atoms with Gasteiger partial charge in [-0.1, -0.05) is 108 Å². The number of amides is 2. The van der Waals surface area contributed by atoms with Crippen molar-refractivity contribution in [2.75, 3.05) is 27.7 Å². The second kappa shape index (κ2) is 14.6. The fourth-order valence-electron chi connectivity index (χ4n) is 5.07. The van der Waals surface area contributed by atoms with Crippen molar-refractivity contribution >= 4 is 61.5 Å². The average Bonchev–Trinajstić information content (AvgIpc) is 3.39. The van der Waals surface area contributed by atoms with Crippen LogP contribution < -0.4 is 14.9 Å². The summed E-state index contributed by atoms with van der Waals surface area (Å²) >= 11 is 7.65. The molecule has 2 amide bonds. The molecule has 0 radical (unpaired) electrons. The number of thiazole rings is 1. The molecule has 9 nitrogen and oxygen atoms in total. The maximum atomic E-state index is 13.9. The summed E-state index contributed by atoms with van der Waals surface area (Å²) in [5.41, 5.74) is 4.98. The summed E-state index contributed by atoms with van der Waals surface area (Å²) in [5, 5.41) is 12.4. The molecule has 0 saturated carbocycles. The fourth-order valence-corrected chi connectivity index (χ4v) is 6.71. The highest BCUT2D eigenvalue weighted by molar-refractivity contribution is 7.92. The van der Waals surface area contributed by atoms with Gasteiger partial charge in [-0.2, -0.15) is 0 Å². The highest BCUT2D eigenvalue weighted by Crippen LogP contribution is 2.36. The molecular weight excluding hydrogens is 644 g/mol. The van der Waals surface area contributed by atoms with E-state index in [-0.39, 0.29) is 12.3 Å². The number of rotatable bonds is 12. The summed E-state index contributed by atoms with van der Waals surface area (Å²) in [6.45, 7) is 0.347. The maximum Gasteiger partial charge on any atom is 0.328 e. The van der Waals surface area contributed by atoms with Crippen LogP contribution in [0.1, 0.15) is 29.0 Å². The summed E-state index contributed by atoms with van der Waals surface area (Å²) in [6, 6.07) is 33.3. The van der Waals surface area contributed by atoms with Crippen molar-refractivity contribution in [3.05, 3.63) is 130 Å². The van der Waals surface area contributed by atoms with Crippen LogP contribution in [0, 0.1) is 0 Å². The molecular formula is C34H31ClN4O5S2. The molecule has 0 bridgehead atoms. The van der Waals surface area contributed by atoms with E-state index >= 15 is 0 Å². The van der Waals surface area contributed by atoms with E-state index in [4.69, 9.17) is 11.6 Å². The molecule has 0 aliphatic rings. The van der Waals surface area contributed by atoms with Crippen LogP contribution in [-0.2, 0) is 21.2 Å². The number of benzene rings is 4. The smallest absolute Gasteiger partial charge is 0.328 e. The summed E-state index contributed by atoms with van der Waals surface area (Å²) in [7, 11) is -3.42. The van der Waals surface area contributed by atoms with Crippen LogP contribution in [-0.4, -0.2) is 43.3 Å². The Kier molecular flexibility index (Phi) is 10.4. The van der Waals surface area contributed by atoms with E-state index in [0.717, 1.165) is 28.7 Å². The molecule has 46 heavy (non-hydrogen) atoms. The van der Waals surface area contributed by atoms with Gasteiger partial charge in [0.1, 0.15) is 10.0 Å². The summed E-state index contributed by atoms with van der Waals surface area (Å²) < 4.78 is 25.9. The standard InChI is InChI=1S/C34H31ClN4O5S2/c1-46(43,44)38-27-16-14-26(15-17-27)31-32(35)45-33(36-31)37-34(42)39(28-18-12-23(13-19-28)22-30(40)41)21-20-29(24-8-4-2-5-9-24)25-10-6-3-7-11-25/h2-19,29,38H,20-22H2,1H3,(H,40,41)(H,36,37,42). The van der Waals surface area contributed by atoms with E-state index in [1.165, 1.54) is 0 Å². The third-order valence-corrected chi connectivity index (χ3v) is 8.93. The third-order valence-electron chi connectivity index (χ3n) is 7.16. The molecule has 0 aliphatic heterocycles. The molecule has 5 rings (SSSR count). The average molecular weight is 675 g/mol. The zero-order valence-electron chi connectivity index (χ0n) is 24.8. The minimum Gasteiger partial charge on any atom is -0.481 e. The van der Waals surface area contributed by atoms with Crippen molar-refractivity contribution in [2.24, 2.45) is 0 Å². The molecule has 12 heteroatoms. The van der Waals surface area contributed by atoms with Gasteiger partial charge in [0.2, 0.25) is 10.0 Å². The van der Waals surface area contributed by atoms with Crippen LogP contribution in [0.4, 0.5) is 21.3 Å². The van der Waals surface area contributed by atoms with Gasteiger partial charge in [0.25, 0.3) is 0 Å². The number of aromatic nitrogens is 1. The number of anilines is 3. The van der Waals surface area contributed by atoms with Crippen LogP contribution in [0.15, 0.2) is 109 Å². The van der Waals surface area contributed by atoms with Crippen molar-refractivity contribution in [3.63, 3.8) is 0 Å². The predicted octanol–water partition coefficient (Wildman–Crippen LogP) is 7.72. The van der Waals surface area contributed by atoms with E-state index in [0.29, 0.717) is 50.6 Å². The number of hydrogen-bond donors (Lipinski definition) is 3. The molecule has 0 unspecified atom stereocenters. The molecule has 5 aromatic rings. The number of nitrogens with zero attached hydrogens (tertiary/aromatic N) is 2. The largest absolute Gasteiger partial charge is 0.481 e. The maximum absolute atomic E-state index is 13.9. The zero-order chi connectivity index (χ0) is 32.7. The summed E-state index contributed by atoms with van der Waals surface area (Å²) in [6.07, 6.45) is 1.56. The van der Waals surface area contributed by atoms with Crippen molar-refractivity contribution in [2.45, 2.75) is 18.8 Å². The molecule has 0 aliphatic carbocycles. The molecule has 1 heterocycles. The first-order chi connectivity index (χ1) is 22.1. The second-order valence-corrected chi connectivity index (χ2v) is 13.9. The van der Waals surface area contributed by atoms with Gasteiger partial charge in [-0.25, -0.2) is 18.2 Å². The van der Waals surface area contributed by atoms with Crippen LogP contribution >= 0.6 is 22.9 Å². The molecule has 0 fully saturated rings. The SMILES string of the molecule is CS(=O)(=O)Nc1ccc(-c2nc(NC(=O)N(CCC(c3ccccc3)c3ccccc3)c3ccc(CC(=O)O)cc3)sc2Cl)cc1. The van der Waals surface area contributed by atoms with E-state index in [2.05, 4.69) is 39.3 Å². The van der Waals surface area contributed by atoms with Crippen molar-refractivity contribution in [3.8, 4) is 11.3 Å². The number of halogens is 1. The Morgan fingerprint density at radius 3 is 2.02 bits per heavy atom. The fraction of sp³-hybridized carbons (Fsp3) is 0.147. The van der Waals surface area contributed by atoms with Crippen LogP contribution in [0.25, 0.3) is 11.3 Å². The first-order valence-corrected chi connectivity index (χ1v) is 17.4. The minimum atomic E-state index is -3.42. The topological polar surface area (TPSA) is 129 Å². The van der Waals surface area contributed by atoms with Crippen molar-refractivity contribution < 1.29 is 23.1 Å². The van der Waals surface area contributed by atoms with E-state index in [9.17, 15) is 23.1 Å². The summed E-state index contributed by atoms with van der Waals surface area (Å²) in [5.74, 6) is -0.918. The Morgan fingerprint density at radius 1 is 0.891 bits per heavy atom. The number of urea groups is 1. The number of carbonyl (C=O) groups excluding carboxylic acids is 1. The van der Waals surface area contributed by atoms with Gasteiger partial charge >= 0.3 is 12.0 Å². The van der Waals surface area contributed by atoms with E-state index in [1.807, 2.05) is 36.4 Å². The summed E-state index contributed by atoms with van der Waals surface area (Å²) in [4.78, 5) is 31.3. The van der Waals surface area contributed by atoms with Crippen LogP contribution in [0.5, 0.6) is 0 Å². The van der Waals surface area contributed by atoms with Gasteiger partial charge in [-0.05, 0) is 47.4 Å². The number of carboxylic acids is 1. The normalized spacial score (nSPS) is 11.3. The zero-order valence-corrected chi connectivity index (χ0v) is 27.1. The second-order valence-electron chi connectivity index (χ2n) is 10.6. The Balaban J connectivity index is 1.40. The highest BCUT2D eigenvalue weighted by atomic mass is 35.5. The van der Waals surface area contributed by atoms with Crippen LogP contribution in [0.3, 0.4) is 0 Å². The first-order valence-electron chi connectivity index (χ1n) is 14.3. The quantitative estimate of drug-likeness (QED) is 0.124. The Labute approximate surface area is 276 Å². The van der Waals surface area contributed by atoms with Gasteiger partial charge in [0, 0.05) is 29.4 Å². The lowest BCUT2D eigenvalue weighted by atomic mass is 9.88. The molecule has 0 atom stereocenters. The number of hydrogen-bond acceptors (Lipinski definition) is 6. The Morgan fingerprint density at radius 2 is 1.48 bits per heavy atom. The lowest BCUT2D eigenvalue weighted by molar-refractivity contribution is -0.136. The molecule has 1 aromatic heterocycles. The van der Waals surface area contributed by atoms with Crippen molar-refractivity contribution in [1.82, 2.24) is 4.98 Å². The number of nitrogens with one attached hydrogen (secondary N) is 2. The van der Waals surface area contributed by atoms with Crippen molar-refractivity contribution in [1.29, 1.82) is 0 Å². The number of carboxylic acid groups (broad SMARTS) is 1. The minimum absolute atomic E-state index is 0.0186. The monoisotopic (exact) mass is 674 g/mol. The molecule has 0 saturated heterocycles. The van der Waals surface area contributed by atoms with Gasteiger partial charge in [-0.15, -0.1) is 0 Å². The predicted molar refractivity (Wildman–Crippen MR) is 185 cm³/mol. The van der Waals surface area contributed by atoms with Gasteiger partial charge in [0.15, 0.2) is 5.13 Å². The molecule has 236 valence electrons. The van der Waals surface area contributed by atoms with E-state index < -0.39 is 22.0 Å². The number of carbonyl (C=O) groups is 2.